The van der Waals surface area contributed by atoms with E-state index in [1.807, 2.05) is 32.0 Å². The molecule has 2 unspecified atom stereocenters. The Kier molecular flexibility index (Phi) is 6.05. The van der Waals surface area contributed by atoms with Gasteiger partial charge in [-0.1, -0.05) is 18.2 Å². The van der Waals surface area contributed by atoms with Gasteiger partial charge in [0.05, 0.1) is 23.2 Å². The molecule has 0 radical (unpaired) electrons. The summed E-state index contributed by atoms with van der Waals surface area (Å²) in [5.74, 6) is -1.78. The molecule has 5 atom stereocenters. The third-order valence-corrected chi connectivity index (χ3v) is 8.85. The summed E-state index contributed by atoms with van der Waals surface area (Å²) in [5.41, 5.74) is 2.68. The van der Waals surface area contributed by atoms with Gasteiger partial charge in [0.1, 0.15) is 6.04 Å². The maximum Gasteiger partial charge on any atom is 0.310 e. The lowest BCUT2D eigenvalue weighted by atomic mass is 9.71. The van der Waals surface area contributed by atoms with Gasteiger partial charge in [0, 0.05) is 24.1 Å². The average Bonchev–Trinajstić information content (AvgIpc) is 3.37. The maximum atomic E-state index is 13.7. The number of para-hydroxylation sites is 1. The number of ether oxygens (including phenoxy) is 1. The molecule has 3 aliphatic heterocycles. The number of carbonyl (C=O) groups is 3. The highest BCUT2D eigenvalue weighted by molar-refractivity contribution is 8.02. The highest BCUT2D eigenvalue weighted by Crippen LogP contribution is 2.66. The van der Waals surface area contributed by atoms with E-state index >= 15 is 0 Å². The highest BCUT2D eigenvalue weighted by atomic mass is 32.2. The molecule has 7 nitrogen and oxygen atoms in total. The standard InChI is InChI=1S/C23H30N2O5S/c1-4-30-22(29)16-15-9-10-23(31-15)17(16)21(28)25(11-6-12-26)19(23)20(27)24-18-13(2)7-5-8-14(18)3/h5,7-8,15-17,19,26H,4,6,9-12H2,1-3H3,(H,24,27)/t15-,16+,17-,19?,23?/m0/s1. The predicted molar refractivity (Wildman–Crippen MR) is 119 cm³/mol. The molecule has 1 aromatic rings. The van der Waals surface area contributed by atoms with Crippen molar-refractivity contribution in [3.8, 4) is 0 Å². The van der Waals surface area contributed by atoms with Crippen molar-refractivity contribution in [2.45, 2.75) is 56.1 Å². The van der Waals surface area contributed by atoms with Crippen LogP contribution in [0.15, 0.2) is 18.2 Å². The topological polar surface area (TPSA) is 95.9 Å². The van der Waals surface area contributed by atoms with E-state index in [-0.39, 0.29) is 36.2 Å². The molecule has 2 amide bonds. The summed E-state index contributed by atoms with van der Waals surface area (Å²) in [7, 11) is 0. The van der Waals surface area contributed by atoms with Gasteiger partial charge in [0.25, 0.3) is 0 Å². The van der Waals surface area contributed by atoms with Gasteiger partial charge in [-0.25, -0.2) is 0 Å². The van der Waals surface area contributed by atoms with E-state index in [4.69, 9.17) is 4.74 Å². The molecule has 0 saturated carbocycles. The SMILES string of the molecule is CCOC(=O)[C@@H]1[C@@H]2CCC3(S2)C(C(=O)Nc2c(C)cccc2C)N(CCCO)C(=O)[C@H]13. The van der Waals surface area contributed by atoms with Crippen molar-refractivity contribution in [2.24, 2.45) is 11.8 Å². The van der Waals surface area contributed by atoms with Crippen molar-refractivity contribution in [3.63, 3.8) is 0 Å². The van der Waals surface area contributed by atoms with E-state index in [0.717, 1.165) is 29.7 Å². The Labute approximate surface area is 186 Å². The molecule has 31 heavy (non-hydrogen) atoms. The van der Waals surface area contributed by atoms with Crippen LogP contribution >= 0.6 is 11.8 Å². The molecule has 0 aromatic heterocycles. The normalized spacial score (nSPS) is 31.1. The summed E-state index contributed by atoms with van der Waals surface area (Å²) in [4.78, 5) is 41.6. The third-order valence-electron chi connectivity index (χ3n) is 6.89. The van der Waals surface area contributed by atoms with Gasteiger partial charge in [0.2, 0.25) is 11.8 Å². The number of hydrogen-bond acceptors (Lipinski definition) is 6. The Morgan fingerprint density at radius 2 is 2.03 bits per heavy atom. The van der Waals surface area contributed by atoms with Crippen LogP contribution in [0.25, 0.3) is 0 Å². The fraction of sp³-hybridized carbons (Fsp3) is 0.609. The minimum absolute atomic E-state index is 0.00323. The van der Waals surface area contributed by atoms with Crippen molar-refractivity contribution in [1.29, 1.82) is 0 Å². The summed E-state index contributed by atoms with van der Waals surface area (Å²) >= 11 is 1.62. The quantitative estimate of drug-likeness (QED) is 0.624. The minimum atomic E-state index is -0.676. The lowest BCUT2D eigenvalue weighted by Crippen LogP contribution is -2.51. The number of nitrogens with one attached hydrogen (secondary N) is 1. The van der Waals surface area contributed by atoms with Crippen LogP contribution in [0.2, 0.25) is 0 Å². The molecule has 4 rings (SSSR count). The van der Waals surface area contributed by atoms with Crippen LogP contribution in [0.3, 0.4) is 0 Å². The van der Waals surface area contributed by atoms with Gasteiger partial charge in [-0.15, -0.1) is 11.8 Å². The van der Waals surface area contributed by atoms with Crippen molar-refractivity contribution in [2.75, 3.05) is 25.1 Å². The molecule has 3 aliphatic rings. The van der Waals surface area contributed by atoms with Gasteiger partial charge >= 0.3 is 5.97 Å². The molecule has 1 aromatic carbocycles. The molecule has 3 fully saturated rings. The second kappa shape index (κ2) is 8.47. The minimum Gasteiger partial charge on any atom is -0.466 e. The van der Waals surface area contributed by atoms with E-state index in [1.54, 1.807) is 23.6 Å². The lowest BCUT2D eigenvalue weighted by Gasteiger charge is -2.34. The second-order valence-corrected chi connectivity index (χ2v) is 10.3. The third kappa shape index (κ3) is 3.44. The van der Waals surface area contributed by atoms with Crippen molar-refractivity contribution in [3.05, 3.63) is 29.3 Å². The molecule has 3 saturated heterocycles. The highest BCUT2D eigenvalue weighted by Gasteiger charge is 2.73. The molecular formula is C23H30N2O5S. The number of thioether (sulfide) groups is 1. The Hall–Kier alpha value is -2.06. The van der Waals surface area contributed by atoms with Gasteiger partial charge in [0.15, 0.2) is 0 Å². The molecule has 168 valence electrons. The van der Waals surface area contributed by atoms with Crippen LogP contribution in [0.4, 0.5) is 5.69 Å². The van der Waals surface area contributed by atoms with Gasteiger partial charge in [-0.2, -0.15) is 0 Å². The van der Waals surface area contributed by atoms with E-state index in [0.29, 0.717) is 13.0 Å². The average molecular weight is 447 g/mol. The number of carbonyl (C=O) groups excluding carboxylic acids is 3. The molecule has 3 heterocycles. The van der Waals surface area contributed by atoms with Crippen molar-refractivity contribution >= 4 is 35.2 Å². The largest absolute Gasteiger partial charge is 0.466 e. The molecule has 0 aliphatic carbocycles. The van der Waals surface area contributed by atoms with E-state index in [9.17, 15) is 19.5 Å². The first kappa shape index (κ1) is 22.1. The number of nitrogens with zero attached hydrogens (tertiary/aromatic N) is 1. The zero-order chi connectivity index (χ0) is 22.3. The van der Waals surface area contributed by atoms with Crippen LogP contribution in [0, 0.1) is 25.7 Å². The zero-order valence-electron chi connectivity index (χ0n) is 18.2. The summed E-state index contributed by atoms with van der Waals surface area (Å²) in [6.07, 6.45) is 1.90. The maximum absolute atomic E-state index is 13.7. The lowest BCUT2D eigenvalue weighted by molar-refractivity contribution is -0.153. The Bertz CT molecular complexity index is 886. The number of anilines is 1. The number of likely N-dealkylation sites (tertiary alicyclic amines) is 1. The van der Waals surface area contributed by atoms with Gasteiger partial charge in [-0.3, -0.25) is 14.4 Å². The van der Waals surface area contributed by atoms with Crippen LogP contribution in [0.1, 0.15) is 37.3 Å². The summed E-state index contributed by atoms with van der Waals surface area (Å²) in [5, 5.41) is 12.5. The fourth-order valence-electron chi connectivity index (χ4n) is 5.64. The number of aryl methyl sites for hydroxylation is 2. The first-order valence-corrected chi connectivity index (χ1v) is 11.9. The Morgan fingerprint density at radius 3 is 2.68 bits per heavy atom. The van der Waals surface area contributed by atoms with Gasteiger partial charge < -0.3 is 20.1 Å². The number of amides is 2. The number of aliphatic hydroxyl groups is 1. The molecule has 1 spiro atoms. The van der Waals surface area contributed by atoms with Crippen molar-refractivity contribution in [1.82, 2.24) is 4.90 Å². The number of hydrogen-bond donors (Lipinski definition) is 2. The van der Waals surface area contributed by atoms with E-state index < -0.39 is 22.6 Å². The molecular weight excluding hydrogens is 416 g/mol. The monoisotopic (exact) mass is 446 g/mol. The number of rotatable bonds is 7. The Morgan fingerprint density at radius 1 is 1.32 bits per heavy atom. The van der Waals surface area contributed by atoms with E-state index in [2.05, 4.69) is 5.32 Å². The van der Waals surface area contributed by atoms with Crippen molar-refractivity contribution < 1.29 is 24.2 Å². The molecule has 8 heteroatoms. The first-order chi connectivity index (χ1) is 14.9. The van der Waals surface area contributed by atoms with Crippen LogP contribution in [0.5, 0.6) is 0 Å². The molecule has 2 N–H and O–H groups in total. The van der Waals surface area contributed by atoms with Gasteiger partial charge in [-0.05, 0) is 51.2 Å². The van der Waals surface area contributed by atoms with E-state index in [1.165, 1.54) is 0 Å². The fourth-order valence-corrected chi connectivity index (χ4v) is 7.85. The van der Waals surface area contributed by atoms with Crippen LogP contribution in [-0.2, 0) is 19.1 Å². The smallest absolute Gasteiger partial charge is 0.310 e. The summed E-state index contributed by atoms with van der Waals surface area (Å²) in [6.45, 7) is 6.15. The number of fused-ring (bicyclic) bond motifs is 1. The molecule has 2 bridgehead atoms. The number of aliphatic hydroxyl groups excluding tert-OH is 1. The summed E-state index contributed by atoms with van der Waals surface area (Å²) in [6, 6.07) is 5.16. The van der Waals surface area contributed by atoms with Crippen LogP contribution < -0.4 is 5.32 Å². The number of benzene rings is 1. The Balaban J connectivity index is 1.70. The second-order valence-electron chi connectivity index (χ2n) is 8.67. The number of esters is 1. The van der Waals surface area contributed by atoms with Crippen LogP contribution in [-0.4, -0.2) is 63.6 Å². The summed E-state index contributed by atoms with van der Waals surface area (Å²) < 4.78 is 4.68. The zero-order valence-corrected chi connectivity index (χ0v) is 19.0. The predicted octanol–water partition coefficient (Wildman–Crippen LogP) is 2.28. The first-order valence-electron chi connectivity index (χ1n) is 11.0.